The highest BCUT2D eigenvalue weighted by Gasteiger charge is 2.31. The zero-order valence-corrected chi connectivity index (χ0v) is 27.1. The predicted octanol–water partition coefficient (Wildman–Crippen LogP) is 1.97. The molecule has 0 unspecified atom stereocenters. The number of aryl methyl sites for hydroxylation is 1. The van der Waals surface area contributed by atoms with Gasteiger partial charge in [0.1, 0.15) is 22.1 Å². The molecule has 0 N–H and O–H groups in total. The van der Waals surface area contributed by atoms with Crippen molar-refractivity contribution < 1.29 is 22.7 Å². The lowest BCUT2D eigenvalue weighted by molar-refractivity contribution is -0.136. The van der Waals surface area contributed by atoms with Gasteiger partial charge >= 0.3 is 5.69 Å². The summed E-state index contributed by atoms with van der Waals surface area (Å²) in [5, 5.41) is 0. The van der Waals surface area contributed by atoms with Gasteiger partial charge in [0.25, 0.3) is 5.56 Å². The van der Waals surface area contributed by atoms with Crippen LogP contribution in [0.4, 0.5) is 0 Å². The van der Waals surface area contributed by atoms with Gasteiger partial charge in [0.15, 0.2) is 0 Å². The van der Waals surface area contributed by atoms with E-state index in [-0.39, 0.29) is 42.3 Å². The molecule has 12 heteroatoms. The Bertz CT molecular complexity index is 1850. The van der Waals surface area contributed by atoms with Crippen LogP contribution in [0.15, 0.2) is 52.2 Å². The Balaban J connectivity index is 1.33. The van der Waals surface area contributed by atoms with Crippen molar-refractivity contribution in [1.29, 1.82) is 0 Å². The van der Waals surface area contributed by atoms with Crippen molar-refractivity contribution in [1.82, 2.24) is 18.9 Å². The number of sulfone groups is 1. The van der Waals surface area contributed by atoms with Crippen molar-refractivity contribution in [3.8, 4) is 16.9 Å². The minimum Gasteiger partial charge on any atom is -0.497 e. The maximum atomic E-state index is 13.5. The SMILES string of the molecule is COc1ccc2c(c1)CCN(C1CCN(C(=O)Cn3cc(-c4cccc(C)c4C)c(=O)n(CCS(C)(=O)=O)c3=O)CC1)C(=O)C2. The number of hydrogen-bond acceptors (Lipinski definition) is 7. The number of amides is 2. The van der Waals surface area contributed by atoms with Crippen LogP contribution < -0.4 is 16.0 Å². The molecular weight excluding hydrogens is 596 g/mol. The van der Waals surface area contributed by atoms with E-state index in [1.807, 2.05) is 49.1 Å². The van der Waals surface area contributed by atoms with Crippen molar-refractivity contribution in [2.75, 3.05) is 38.8 Å². The van der Waals surface area contributed by atoms with Crippen LogP contribution in [0.3, 0.4) is 0 Å². The van der Waals surface area contributed by atoms with Gasteiger partial charge in [-0.3, -0.25) is 23.5 Å². The van der Waals surface area contributed by atoms with Gasteiger partial charge in [-0.1, -0.05) is 24.3 Å². The van der Waals surface area contributed by atoms with E-state index in [1.54, 1.807) is 18.1 Å². The standard InChI is InChI=1S/C33H40N4O7S/c1-22-6-5-7-28(23(22)2)29-20-35(33(41)37(32(29)40)16-17-45(4,42)43)21-31(39)34-13-11-26(12-14-34)36-15-10-25-18-27(44-3)9-8-24(25)19-30(36)38/h5-9,18,20,26H,10-17,19,21H2,1-4H3. The fraction of sp³-hybridized carbons (Fsp3) is 0.455. The molecule has 2 aromatic carbocycles. The number of nitrogens with zero attached hydrogens (tertiary/aromatic N) is 4. The van der Waals surface area contributed by atoms with Crippen LogP contribution in [0.2, 0.25) is 0 Å². The number of carbonyl (C=O) groups is 2. The molecule has 11 nitrogen and oxygen atoms in total. The van der Waals surface area contributed by atoms with E-state index in [1.165, 1.54) is 10.8 Å². The number of ether oxygens (including phenoxy) is 1. The average Bonchev–Trinajstić information content (AvgIpc) is 3.17. The molecule has 0 spiro atoms. The maximum absolute atomic E-state index is 13.5. The topological polar surface area (TPSA) is 128 Å². The van der Waals surface area contributed by atoms with Gasteiger partial charge in [0.05, 0.1) is 24.8 Å². The molecule has 240 valence electrons. The lowest BCUT2D eigenvalue weighted by Gasteiger charge is -2.38. The summed E-state index contributed by atoms with van der Waals surface area (Å²) in [5.41, 5.74) is 3.47. The van der Waals surface area contributed by atoms with Gasteiger partial charge in [0, 0.05) is 44.7 Å². The van der Waals surface area contributed by atoms with Crippen LogP contribution >= 0.6 is 0 Å². The Morgan fingerprint density at radius 2 is 1.71 bits per heavy atom. The molecule has 5 rings (SSSR count). The summed E-state index contributed by atoms with van der Waals surface area (Å²) in [4.78, 5) is 57.2. The van der Waals surface area contributed by atoms with E-state index in [0.29, 0.717) is 44.5 Å². The molecule has 1 saturated heterocycles. The molecule has 2 aliphatic rings. The van der Waals surface area contributed by atoms with Gasteiger partial charge in [-0.15, -0.1) is 0 Å². The first kappa shape index (κ1) is 32.2. The van der Waals surface area contributed by atoms with Crippen LogP contribution in [0, 0.1) is 13.8 Å². The fourth-order valence-electron chi connectivity index (χ4n) is 6.27. The van der Waals surface area contributed by atoms with E-state index in [0.717, 1.165) is 45.2 Å². The summed E-state index contributed by atoms with van der Waals surface area (Å²) in [6, 6.07) is 11.3. The highest BCUT2D eigenvalue weighted by molar-refractivity contribution is 7.90. The molecule has 3 heterocycles. The lowest BCUT2D eigenvalue weighted by Crippen LogP contribution is -2.50. The summed E-state index contributed by atoms with van der Waals surface area (Å²) < 4.78 is 31.3. The van der Waals surface area contributed by atoms with E-state index in [9.17, 15) is 27.6 Å². The second-order valence-electron chi connectivity index (χ2n) is 12.0. The first-order valence-electron chi connectivity index (χ1n) is 15.2. The third kappa shape index (κ3) is 7.06. The number of likely N-dealkylation sites (tertiary alicyclic amines) is 1. The number of carbonyl (C=O) groups excluding carboxylic acids is 2. The summed E-state index contributed by atoms with van der Waals surface area (Å²) in [5.74, 6) is 0.184. The molecule has 2 amide bonds. The van der Waals surface area contributed by atoms with Crippen LogP contribution in [0.1, 0.15) is 35.1 Å². The Kier molecular flexibility index (Phi) is 9.33. The van der Waals surface area contributed by atoms with Gasteiger partial charge in [-0.2, -0.15) is 0 Å². The van der Waals surface area contributed by atoms with E-state index in [2.05, 4.69) is 0 Å². The largest absolute Gasteiger partial charge is 0.497 e. The summed E-state index contributed by atoms with van der Waals surface area (Å²) >= 11 is 0. The number of fused-ring (bicyclic) bond motifs is 1. The molecule has 3 aromatic rings. The first-order chi connectivity index (χ1) is 21.4. The quantitative estimate of drug-likeness (QED) is 0.370. The van der Waals surface area contributed by atoms with Gasteiger partial charge in [-0.05, 0) is 73.1 Å². The fourth-order valence-corrected chi connectivity index (χ4v) is 6.79. The van der Waals surface area contributed by atoms with Crippen LogP contribution in [0.25, 0.3) is 11.1 Å². The van der Waals surface area contributed by atoms with Crippen LogP contribution in [-0.4, -0.2) is 84.0 Å². The van der Waals surface area contributed by atoms with Gasteiger partial charge < -0.3 is 14.5 Å². The van der Waals surface area contributed by atoms with Gasteiger partial charge in [0.2, 0.25) is 11.8 Å². The second-order valence-corrected chi connectivity index (χ2v) is 14.3. The number of piperidine rings is 1. The number of hydrogen-bond donors (Lipinski definition) is 0. The minimum absolute atomic E-state index is 0.00859. The molecule has 0 atom stereocenters. The summed E-state index contributed by atoms with van der Waals surface area (Å²) in [6.07, 6.45) is 4.77. The van der Waals surface area contributed by atoms with E-state index >= 15 is 0 Å². The molecule has 0 aliphatic carbocycles. The normalized spacial score (nSPS) is 16.0. The number of rotatable bonds is 8. The number of methoxy groups -OCH3 is 1. The van der Waals surface area contributed by atoms with Crippen molar-refractivity contribution in [2.24, 2.45) is 0 Å². The smallest absolute Gasteiger partial charge is 0.331 e. The van der Waals surface area contributed by atoms with Gasteiger partial charge in [-0.25, -0.2) is 13.2 Å². The Labute approximate surface area is 263 Å². The second kappa shape index (κ2) is 13.0. The third-order valence-corrected chi connectivity index (χ3v) is 10.0. The number of aromatic nitrogens is 2. The van der Waals surface area contributed by atoms with Crippen molar-refractivity contribution in [2.45, 2.75) is 58.7 Å². The first-order valence-corrected chi connectivity index (χ1v) is 17.2. The monoisotopic (exact) mass is 636 g/mol. The summed E-state index contributed by atoms with van der Waals surface area (Å²) in [7, 11) is -1.83. The molecule has 45 heavy (non-hydrogen) atoms. The lowest BCUT2D eigenvalue weighted by atomic mass is 9.99. The molecule has 0 bridgehead atoms. The van der Waals surface area contributed by atoms with E-state index < -0.39 is 21.1 Å². The van der Waals surface area contributed by atoms with Crippen molar-refractivity contribution in [3.05, 3.63) is 85.7 Å². The Morgan fingerprint density at radius 1 is 0.978 bits per heavy atom. The van der Waals surface area contributed by atoms with Crippen LogP contribution in [0.5, 0.6) is 5.75 Å². The van der Waals surface area contributed by atoms with Crippen molar-refractivity contribution in [3.63, 3.8) is 0 Å². The molecule has 0 saturated carbocycles. The van der Waals surface area contributed by atoms with Crippen molar-refractivity contribution >= 4 is 21.7 Å². The molecule has 0 radical (unpaired) electrons. The average molecular weight is 637 g/mol. The zero-order valence-electron chi connectivity index (χ0n) is 26.2. The molecule has 2 aliphatic heterocycles. The van der Waals surface area contributed by atoms with E-state index in [4.69, 9.17) is 4.74 Å². The number of benzene rings is 2. The van der Waals surface area contributed by atoms with Crippen LogP contribution in [-0.2, 0) is 45.4 Å². The zero-order chi connectivity index (χ0) is 32.5. The highest BCUT2D eigenvalue weighted by atomic mass is 32.2. The Hall–Kier alpha value is -4.19. The molecule has 1 aromatic heterocycles. The third-order valence-electron chi connectivity index (χ3n) is 9.08. The predicted molar refractivity (Wildman–Crippen MR) is 171 cm³/mol. The maximum Gasteiger partial charge on any atom is 0.331 e. The Morgan fingerprint density at radius 3 is 2.40 bits per heavy atom. The highest BCUT2D eigenvalue weighted by Crippen LogP contribution is 2.26. The molecular formula is C33H40N4O7S. The minimum atomic E-state index is -3.46. The summed E-state index contributed by atoms with van der Waals surface area (Å²) in [6.45, 7) is 4.65. The molecule has 1 fully saturated rings.